The highest BCUT2D eigenvalue weighted by molar-refractivity contribution is 7.80. The molecule has 0 unspecified atom stereocenters. The summed E-state index contributed by atoms with van der Waals surface area (Å²) in [5.41, 5.74) is 3.99. The summed E-state index contributed by atoms with van der Waals surface area (Å²) in [5.74, 6) is -0.521. The average Bonchev–Trinajstić information content (AvgIpc) is 2.73. The summed E-state index contributed by atoms with van der Waals surface area (Å²) >= 11 is 20.8. The van der Waals surface area contributed by atoms with Crippen LogP contribution in [0.2, 0.25) is 0 Å². The Hall–Kier alpha value is -2.24. The molecule has 148 valence electrons. The van der Waals surface area contributed by atoms with Crippen LogP contribution in [0.25, 0.3) is 11.1 Å². The van der Waals surface area contributed by atoms with Crippen molar-refractivity contribution in [1.29, 1.82) is 0 Å². The number of benzene rings is 2. The van der Waals surface area contributed by atoms with E-state index in [0.717, 1.165) is 26.5 Å². The molecule has 2 aromatic carbocycles. The molecule has 0 aromatic heterocycles. The second kappa shape index (κ2) is 8.48. The lowest BCUT2D eigenvalue weighted by Gasteiger charge is -2.19. The van der Waals surface area contributed by atoms with E-state index >= 15 is 0 Å². The molecule has 0 bridgehead atoms. The summed E-state index contributed by atoms with van der Waals surface area (Å²) in [5, 5.41) is 0.0660. The molecule has 4 rings (SSSR count). The van der Waals surface area contributed by atoms with Crippen LogP contribution in [0.1, 0.15) is 11.1 Å². The van der Waals surface area contributed by atoms with Crippen LogP contribution in [-0.2, 0) is 9.59 Å². The Balaban J connectivity index is 1.93. The summed E-state index contributed by atoms with van der Waals surface area (Å²) in [6.45, 7) is 0. The van der Waals surface area contributed by atoms with Crippen LogP contribution in [0.4, 0.5) is 0 Å². The molecule has 0 radical (unpaired) electrons. The van der Waals surface area contributed by atoms with Crippen LogP contribution < -0.4 is 0 Å². The van der Waals surface area contributed by atoms with Crippen molar-refractivity contribution in [2.45, 2.75) is 9.79 Å². The van der Waals surface area contributed by atoms with Gasteiger partial charge in [-0.3, -0.25) is 9.59 Å². The first-order chi connectivity index (χ1) is 14.3. The third kappa shape index (κ3) is 4.14. The Bertz CT molecular complexity index is 1140. The molecule has 2 nitrogen and oxygen atoms in total. The van der Waals surface area contributed by atoms with E-state index in [0.29, 0.717) is 16.7 Å². The number of thiol groups is 2. The van der Waals surface area contributed by atoms with Gasteiger partial charge in [-0.15, -0.1) is 25.3 Å². The van der Waals surface area contributed by atoms with Gasteiger partial charge in [-0.1, -0.05) is 47.5 Å². The van der Waals surface area contributed by atoms with Gasteiger partial charge in [0.25, 0.3) is 0 Å². The van der Waals surface area contributed by atoms with Crippen LogP contribution in [0.5, 0.6) is 0 Å². The fraction of sp³-hybridized carbons (Fsp3) is 0. The quantitative estimate of drug-likeness (QED) is 0.497. The number of allylic oxidation sites excluding steroid dienone is 10. The van der Waals surface area contributed by atoms with Gasteiger partial charge in [0.15, 0.2) is 5.78 Å². The molecule has 6 heteroatoms. The molecule has 0 fully saturated rings. The molecule has 0 spiro atoms. The van der Waals surface area contributed by atoms with Crippen molar-refractivity contribution < 1.29 is 9.59 Å². The van der Waals surface area contributed by atoms with Gasteiger partial charge in [-0.25, -0.2) is 0 Å². The molecule has 2 aromatic rings. The lowest BCUT2D eigenvalue weighted by Crippen LogP contribution is -2.11. The SMILES string of the molecule is O=C1C(Cl)=CC(=C2C=C(c3ccc(S)cc3)C(=O)C(c3ccc(S)cc3)=C2)C=C1Cl. The third-order valence-electron chi connectivity index (χ3n) is 4.78. The summed E-state index contributed by atoms with van der Waals surface area (Å²) in [4.78, 5) is 26.9. The van der Waals surface area contributed by atoms with E-state index in [1.165, 1.54) is 0 Å². The third-order valence-corrected chi connectivity index (χ3v) is 5.93. The molecular formula is C24H14Cl2O2S2. The molecule has 0 amide bonds. The van der Waals surface area contributed by atoms with E-state index < -0.39 is 5.78 Å². The van der Waals surface area contributed by atoms with Gasteiger partial charge < -0.3 is 0 Å². The van der Waals surface area contributed by atoms with Gasteiger partial charge in [0.05, 0.1) is 10.1 Å². The zero-order chi connectivity index (χ0) is 21.4. The number of Topliss-reactive ketones (excluding diaryl/α,β-unsaturated/α-hetero) is 2. The van der Waals surface area contributed by atoms with E-state index in [4.69, 9.17) is 23.2 Å². The number of ketones is 2. The van der Waals surface area contributed by atoms with Gasteiger partial charge in [0.1, 0.15) is 0 Å². The van der Waals surface area contributed by atoms with Crippen LogP contribution in [0.3, 0.4) is 0 Å². The van der Waals surface area contributed by atoms with Gasteiger partial charge in [-0.05, 0) is 70.8 Å². The first-order valence-corrected chi connectivity index (χ1v) is 10.6. The highest BCUT2D eigenvalue weighted by atomic mass is 35.5. The minimum Gasteiger partial charge on any atom is -0.289 e. The van der Waals surface area contributed by atoms with Crippen molar-refractivity contribution in [3.05, 3.63) is 105 Å². The van der Waals surface area contributed by atoms with Gasteiger partial charge in [0, 0.05) is 20.9 Å². The normalized spacial score (nSPS) is 16.8. The van der Waals surface area contributed by atoms with E-state index in [1.54, 1.807) is 24.3 Å². The van der Waals surface area contributed by atoms with Crippen LogP contribution in [-0.4, -0.2) is 11.6 Å². The number of hydrogen-bond acceptors (Lipinski definition) is 4. The van der Waals surface area contributed by atoms with E-state index in [2.05, 4.69) is 25.3 Å². The molecule has 0 saturated carbocycles. The number of rotatable bonds is 2. The van der Waals surface area contributed by atoms with E-state index in [-0.39, 0.29) is 15.8 Å². The van der Waals surface area contributed by atoms with E-state index in [9.17, 15) is 9.59 Å². The molecule has 30 heavy (non-hydrogen) atoms. The zero-order valence-electron chi connectivity index (χ0n) is 15.4. The fourth-order valence-corrected chi connectivity index (χ4v) is 4.02. The lowest BCUT2D eigenvalue weighted by atomic mass is 9.84. The maximum Gasteiger partial charge on any atom is 0.215 e. The Kier molecular flexibility index (Phi) is 5.94. The zero-order valence-corrected chi connectivity index (χ0v) is 18.7. The van der Waals surface area contributed by atoms with E-state index in [1.807, 2.05) is 48.5 Å². The first-order valence-electron chi connectivity index (χ1n) is 8.94. The number of hydrogen-bond donors (Lipinski definition) is 2. The highest BCUT2D eigenvalue weighted by Crippen LogP contribution is 2.36. The largest absolute Gasteiger partial charge is 0.289 e. The minimum absolute atomic E-state index is 0.0330. The van der Waals surface area contributed by atoms with Crippen molar-refractivity contribution in [3.8, 4) is 0 Å². The summed E-state index contributed by atoms with van der Waals surface area (Å²) in [6.07, 6.45) is 6.71. The highest BCUT2D eigenvalue weighted by Gasteiger charge is 2.25. The Morgan fingerprint density at radius 1 is 0.533 bits per heavy atom. The van der Waals surface area contributed by atoms with Gasteiger partial charge >= 0.3 is 0 Å². The van der Waals surface area contributed by atoms with Crippen molar-refractivity contribution in [2.75, 3.05) is 0 Å². The molecule has 0 saturated heterocycles. The maximum atomic E-state index is 13.4. The minimum atomic E-state index is -0.420. The van der Waals surface area contributed by atoms with Crippen molar-refractivity contribution in [2.24, 2.45) is 0 Å². The molecule has 0 atom stereocenters. The molecule has 0 N–H and O–H groups in total. The van der Waals surface area contributed by atoms with Crippen LogP contribution >= 0.6 is 48.5 Å². The number of carbonyl (C=O) groups is 2. The fourth-order valence-electron chi connectivity index (χ4n) is 3.23. The van der Waals surface area contributed by atoms with Crippen molar-refractivity contribution in [1.82, 2.24) is 0 Å². The number of carbonyl (C=O) groups excluding carboxylic acids is 2. The topological polar surface area (TPSA) is 34.1 Å². The Morgan fingerprint density at radius 2 is 0.900 bits per heavy atom. The monoisotopic (exact) mass is 468 g/mol. The van der Waals surface area contributed by atoms with Crippen LogP contribution in [0.15, 0.2) is 104 Å². The summed E-state index contributed by atoms with van der Waals surface area (Å²) in [6, 6.07) is 14.7. The summed E-state index contributed by atoms with van der Waals surface area (Å²) in [7, 11) is 0. The lowest BCUT2D eigenvalue weighted by molar-refractivity contribution is -0.111. The molecule has 2 aliphatic rings. The maximum absolute atomic E-state index is 13.4. The van der Waals surface area contributed by atoms with Gasteiger partial charge in [0.2, 0.25) is 5.78 Å². The molecule has 0 heterocycles. The molecule has 0 aliphatic heterocycles. The second-order valence-corrected chi connectivity index (χ2v) is 8.61. The average molecular weight is 469 g/mol. The predicted octanol–water partition coefficient (Wildman–Crippen LogP) is 6.44. The van der Waals surface area contributed by atoms with Crippen molar-refractivity contribution >= 4 is 71.2 Å². The Morgan fingerprint density at radius 3 is 1.30 bits per heavy atom. The standard InChI is InChI=1S/C24H14Cl2O2S2/c25-21-11-16(12-22(26)24(21)28)15-9-19(13-1-5-17(29)6-2-13)23(27)20(10-15)14-3-7-18(30)8-4-14/h1-12,29-30H. The number of halogens is 2. The van der Waals surface area contributed by atoms with Crippen molar-refractivity contribution in [3.63, 3.8) is 0 Å². The predicted molar refractivity (Wildman–Crippen MR) is 128 cm³/mol. The van der Waals surface area contributed by atoms with Gasteiger partial charge in [-0.2, -0.15) is 0 Å². The smallest absolute Gasteiger partial charge is 0.215 e. The molecular weight excluding hydrogens is 455 g/mol. The molecule has 2 aliphatic carbocycles. The van der Waals surface area contributed by atoms with Crippen LogP contribution in [0, 0.1) is 0 Å². The summed E-state index contributed by atoms with van der Waals surface area (Å²) < 4.78 is 0. The Labute approximate surface area is 195 Å². The first kappa shape index (κ1) is 21.0. The second-order valence-electron chi connectivity index (χ2n) is 6.76.